The first-order valence-electron chi connectivity index (χ1n) is 9.46. The summed E-state index contributed by atoms with van der Waals surface area (Å²) >= 11 is 0. The molecule has 0 saturated carbocycles. The molecule has 0 N–H and O–H groups in total. The second kappa shape index (κ2) is 9.43. The van der Waals surface area contributed by atoms with E-state index in [4.69, 9.17) is 4.74 Å². The summed E-state index contributed by atoms with van der Waals surface area (Å²) in [5.74, 6) is 1.68. The van der Waals surface area contributed by atoms with E-state index in [2.05, 4.69) is 72.5 Å². The second-order valence-electron chi connectivity index (χ2n) is 6.85. The molecule has 1 aliphatic rings. The van der Waals surface area contributed by atoms with Gasteiger partial charge in [0.1, 0.15) is 5.76 Å². The normalized spacial score (nSPS) is 16.8. The van der Waals surface area contributed by atoms with Crippen molar-refractivity contribution in [2.45, 2.75) is 26.2 Å². The van der Waals surface area contributed by atoms with Gasteiger partial charge in [-0.3, -0.25) is 0 Å². The van der Waals surface area contributed by atoms with Crippen molar-refractivity contribution in [2.75, 3.05) is 26.2 Å². The van der Waals surface area contributed by atoms with E-state index in [0.717, 1.165) is 18.8 Å². The van der Waals surface area contributed by atoms with Gasteiger partial charge in [0.05, 0.1) is 6.61 Å². The van der Waals surface area contributed by atoms with Gasteiger partial charge in [0.25, 0.3) is 0 Å². The molecule has 132 valence electrons. The molecule has 1 fully saturated rings. The SMILES string of the molecule is C/C=C(\OCC1CCN(CCc2ccccc2)CC1)c1ccccc1. The third-order valence-corrected chi connectivity index (χ3v) is 5.06. The molecule has 1 heterocycles. The highest BCUT2D eigenvalue weighted by atomic mass is 16.5. The Morgan fingerprint density at radius 1 is 1.00 bits per heavy atom. The monoisotopic (exact) mass is 335 g/mol. The van der Waals surface area contributed by atoms with E-state index in [1.165, 1.54) is 43.6 Å². The lowest BCUT2D eigenvalue weighted by Crippen LogP contribution is -2.36. The highest BCUT2D eigenvalue weighted by Gasteiger charge is 2.19. The summed E-state index contributed by atoms with van der Waals surface area (Å²) in [4.78, 5) is 2.59. The van der Waals surface area contributed by atoms with E-state index < -0.39 is 0 Å². The first-order valence-corrected chi connectivity index (χ1v) is 9.46. The van der Waals surface area contributed by atoms with Crippen LogP contribution in [0.5, 0.6) is 0 Å². The molecule has 0 aromatic heterocycles. The van der Waals surface area contributed by atoms with E-state index in [-0.39, 0.29) is 0 Å². The lowest BCUT2D eigenvalue weighted by Gasteiger charge is -2.32. The molecule has 0 amide bonds. The fourth-order valence-corrected chi connectivity index (χ4v) is 3.45. The van der Waals surface area contributed by atoms with Gasteiger partial charge in [0.15, 0.2) is 0 Å². The van der Waals surface area contributed by atoms with Gasteiger partial charge in [0, 0.05) is 12.1 Å². The summed E-state index contributed by atoms with van der Waals surface area (Å²) in [6, 6.07) is 21.2. The topological polar surface area (TPSA) is 12.5 Å². The number of hydrogen-bond acceptors (Lipinski definition) is 2. The minimum absolute atomic E-state index is 0.673. The molecule has 0 radical (unpaired) electrons. The lowest BCUT2D eigenvalue weighted by atomic mass is 9.97. The highest BCUT2D eigenvalue weighted by molar-refractivity contribution is 5.59. The average Bonchev–Trinajstić information content (AvgIpc) is 2.69. The van der Waals surface area contributed by atoms with Crippen LogP contribution in [0.2, 0.25) is 0 Å². The van der Waals surface area contributed by atoms with E-state index in [9.17, 15) is 0 Å². The van der Waals surface area contributed by atoms with Crippen LogP contribution in [0.4, 0.5) is 0 Å². The van der Waals surface area contributed by atoms with Crippen LogP contribution in [0, 0.1) is 5.92 Å². The summed E-state index contributed by atoms with van der Waals surface area (Å²) in [6.07, 6.45) is 5.70. The number of allylic oxidation sites excluding steroid dienone is 1. The van der Waals surface area contributed by atoms with Crippen molar-refractivity contribution in [2.24, 2.45) is 5.92 Å². The van der Waals surface area contributed by atoms with E-state index in [1.54, 1.807) is 0 Å². The summed E-state index contributed by atoms with van der Waals surface area (Å²) in [6.45, 7) is 6.44. The molecule has 2 aromatic carbocycles. The van der Waals surface area contributed by atoms with E-state index in [0.29, 0.717) is 5.92 Å². The maximum atomic E-state index is 6.12. The zero-order valence-corrected chi connectivity index (χ0v) is 15.2. The zero-order chi connectivity index (χ0) is 17.3. The van der Waals surface area contributed by atoms with Crippen LogP contribution in [0.3, 0.4) is 0 Å². The van der Waals surface area contributed by atoms with E-state index >= 15 is 0 Å². The number of ether oxygens (including phenoxy) is 1. The van der Waals surface area contributed by atoms with Gasteiger partial charge in [0.2, 0.25) is 0 Å². The maximum Gasteiger partial charge on any atom is 0.122 e. The first-order chi connectivity index (χ1) is 12.3. The van der Waals surface area contributed by atoms with Crippen LogP contribution in [-0.4, -0.2) is 31.1 Å². The van der Waals surface area contributed by atoms with Crippen LogP contribution in [0.1, 0.15) is 30.9 Å². The smallest absolute Gasteiger partial charge is 0.122 e. The second-order valence-corrected chi connectivity index (χ2v) is 6.85. The predicted octanol–water partition coefficient (Wildman–Crippen LogP) is 5.02. The quantitative estimate of drug-likeness (QED) is 0.659. The standard InChI is InChI=1S/C23H29NO/c1-2-23(22-11-7-4-8-12-22)25-19-21-14-17-24(18-15-21)16-13-20-9-5-3-6-10-20/h2-12,21H,13-19H2,1H3/b23-2-. The molecule has 0 unspecified atom stereocenters. The largest absolute Gasteiger partial charge is 0.493 e. The molecule has 0 bridgehead atoms. The van der Waals surface area contributed by atoms with Crippen LogP contribution in [0.25, 0.3) is 5.76 Å². The van der Waals surface area contributed by atoms with Crippen LogP contribution in [-0.2, 0) is 11.2 Å². The van der Waals surface area contributed by atoms with Crippen molar-refractivity contribution in [1.82, 2.24) is 4.90 Å². The summed E-state index contributed by atoms with van der Waals surface area (Å²) in [5, 5.41) is 0. The lowest BCUT2D eigenvalue weighted by molar-refractivity contribution is 0.130. The van der Waals surface area contributed by atoms with Crippen LogP contribution < -0.4 is 0 Å². The Balaban J connectivity index is 1.39. The molecule has 0 aliphatic carbocycles. The van der Waals surface area contributed by atoms with Crippen molar-refractivity contribution >= 4 is 5.76 Å². The number of benzene rings is 2. The third-order valence-electron chi connectivity index (χ3n) is 5.06. The number of piperidine rings is 1. The summed E-state index contributed by atoms with van der Waals surface area (Å²) in [5.41, 5.74) is 2.61. The van der Waals surface area contributed by atoms with Crippen molar-refractivity contribution in [3.05, 3.63) is 77.9 Å². The van der Waals surface area contributed by atoms with Crippen molar-refractivity contribution in [3.63, 3.8) is 0 Å². The molecule has 1 saturated heterocycles. The third kappa shape index (κ3) is 5.47. The Kier molecular flexibility index (Phi) is 6.70. The van der Waals surface area contributed by atoms with Gasteiger partial charge in [-0.25, -0.2) is 0 Å². The molecule has 0 atom stereocenters. The molecular weight excluding hydrogens is 306 g/mol. The minimum atomic E-state index is 0.673. The van der Waals surface area contributed by atoms with Gasteiger partial charge < -0.3 is 9.64 Å². The van der Waals surface area contributed by atoms with Crippen LogP contribution >= 0.6 is 0 Å². The average molecular weight is 335 g/mol. The highest BCUT2D eigenvalue weighted by Crippen LogP contribution is 2.22. The molecule has 2 aromatic rings. The van der Waals surface area contributed by atoms with Crippen molar-refractivity contribution < 1.29 is 4.74 Å². The van der Waals surface area contributed by atoms with E-state index in [1.807, 2.05) is 6.07 Å². The molecule has 0 spiro atoms. The van der Waals surface area contributed by atoms with Gasteiger partial charge in [-0.05, 0) is 56.8 Å². The fourth-order valence-electron chi connectivity index (χ4n) is 3.45. The molecule has 1 aliphatic heterocycles. The molecular formula is C23H29NO. The molecule has 2 nitrogen and oxygen atoms in total. The van der Waals surface area contributed by atoms with Crippen molar-refractivity contribution in [3.8, 4) is 0 Å². The number of rotatable bonds is 7. The summed E-state index contributed by atoms with van der Waals surface area (Å²) < 4.78 is 6.12. The number of likely N-dealkylation sites (tertiary alicyclic amines) is 1. The molecule has 2 heteroatoms. The Bertz CT molecular complexity index is 642. The number of nitrogens with zero attached hydrogens (tertiary/aromatic N) is 1. The van der Waals surface area contributed by atoms with Gasteiger partial charge in [-0.1, -0.05) is 60.7 Å². The first kappa shape index (κ1) is 17.8. The maximum absolute atomic E-state index is 6.12. The zero-order valence-electron chi connectivity index (χ0n) is 15.2. The van der Waals surface area contributed by atoms with Crippen molar-refractivity contribution in [1.29, 1.82) is 0 Å². The molecule has 25 heavy (non-hydrogen) atoms. The Hall–Kier alpha value is -2.06. The Morgan fingerprint density at radius 2 is 1.64 bits per heavy atom. The Labute approximate surface area is 152 Å². The predicted molar refractivity (Wildman–Crippen MR) is 105 cm³/mol. The van der Waals surface area contributed by atoms with Crippen LogP contribution in [0.15, 0.2) is 66.7 Å². The Morgan fingerprint density at radius 3 is 2.28 bits per heavy atom. The number of hydrogen-bond donors (Lipinski definition) is 0. The minimum Gasteiger partial charge on any atom is -0.493 e. The summed E-state index contributed by atoms with van der Waals surface area (Å²) in [7, 11) is 0. The fraction of sp³-hybridized carbons (Fsp3) is 0.391. The van der Waals surface area contributed by atoms with Gasteiger partial charge in [-0.2, -0.15) is 0 Å². The molecule has 3 rings (SSSR count). The van der Waals surface area contributed by atoms with Gasteiger partial charge >= 0.3 is 0 Å². The van der Waals surface area contributed by atoms with Gasteiger partial charge in [-0.15, -0.1) is 0 Å².